The Hall–Kier alpha value is -1.52. The van der Waals surface area contributed by atoms with Crippen molar-refractivity contribution in [2.24, 2.45) is 0 Å². The van der Waals surface area contributed by atoms with E-state index >= 15 is 0 Å². The quantitative estimate of drug-likeness (QED) is 0.185. The van der Waals surface area contributed by atoms with E-state index in [-0.39, 0.29) is 5.56 Å². The smallest absolute Gasteiger partial charge is 0.339 e. The van der Waals surface area contributed by atoms with Crippen LogP contribution in [0.2, 0.25) is 0 Å². The Kier molecular flexibility index (Phi) is 16.0. The highest BCUT2D eigenvalue weighted by molar-refractivity contribution is 5.95. The standard InChI is InChI=1S/C28H46F3NO/c1-3-5-6-7-8-9-10-11-12-13-14-15-16-17-18-21-24-32(4-2)27(33)25-22-19-20-23-26(25)28(29,30)31/h19-20,22-23H,3-18,21,24H2,1-2H3. The highest BCUT2D eigenvalue weighted by Gasteiger charge is 2.35. The van der Waals surface area contributed by atoms with Gasteiger partial charge in [-0.1, -0.05) is 115 Å². The lowest BCUT2D eigenvalue weighted by molar-refractivity contribution is -0.138. The van der Waals surface area contributed by atoms with Crippen LogP contribution in [0.5, 0.6) is 0 Å². The van der Waals surface area contributed by atoms with Crippen LogP contribution in [0.4, 0.5) is 13.2 Å². The van der Waals surface area contributed by atoms with Gasteiger partial charge in [0.05, 0.1) is 11.1 Å². The number of rotatable bonds is 19. The van der Waals surface area contributed by atoms with Crippen molar-refractivity contribution >= 4 is 5.91 Å². The molecular weight excluding hydrogens is 423 g/mol. The number of nitrogens with zero attached hydrogens (tertiary/aromatic N) is 1. The summed E-state index contributed by atoms with van der Waals surface area (Å²) >= 11 is 0. The first kappa shape index (κ1) is 29.5. The third kappa shape index (κ3) is 13.1. The van der Waals surface area contributed by atoms with Crippen molar-refractivity contribution in [2.45, 2.75) is 123 Å². The van der Waals surface area contributed by atoms with Crippen molar-refractivity contribution in [3.8, 4) is 0 Å². The maximum Gasteiger partial charge on any atom is 0.417 e. The minimum Gasteiger partial charge on any atom is -0.339 e. The highest BCUT2D eigenvalue weighted by Crippen LogP contribution is 2.32. The second-order valence-corrected chi connectivity index (χ2v) is 9.23. The van der Waals surface area contributed by atoms with Crippen LogP contribution in [0, 0.1) is 0 Å². The van der Waals surface area contributed by atoms with Crippen LogP contribution >= 0.6 is 0 Å². The van der Waals surface area contributed by atoms with Crippen LogP contribution in [0.3, 0.4) is 0 Å². The van der Waals surface area contributed by atoms with Gasteiger partial charge in [0.15, 0.2) is 0 Å². The summed E-state index contributed by atoms with van der Waals surface area (Å²) in [5.74, 6) is -0.522. The minimum atomic E-state index is -4.51. The Morgan fingerprint density at radius 3 is 1.55 bits per heavy atom. The molecule has 0 radical (unpaired) electrons. The van der Waals surface area contributed by atoms with Gasteiger partial charge in [-0.05, 0) is 25.5 Å². The van der Waals surface area contributed by atoms with Gasteiger partial charge in [-0.15, -0.1) is 0 Å². The van der Waals surface area contributed by atoms with E-state index in [4.69, 9.17) is 0 Å². The molecule has 0 aliphatic rings. The molecule has 0 aliphatic carbocycles. The molecule has 1 aromatic carbocycles. The number of hydrogen-bond acceptors (Lipinski definition) is 1. The van der Waals surface area contributed by atoms with Gasteiger partial charge in [-0.2, -0.15) is 13.2 Å². The lowest BCUT2D eigenvalue weighted by atomic mass is 10.0. The lowest BCUT2D eigenvalue weighted by Gasteiger charge is -2.23. The summed E-state index contributed by atoms with van der Waals surface area (Å²) < 4.78 is 39.6. The van der Waals surface area contributed by atoms with Gasteiger partial charge in [-0.25, -0.2) is 0 Å². The molecule has 5 heteroatoms. The van der Waals surface area contributed by atoms with Gasteiger partial charge >= 0.3 is 6.18 Å². The summed E-state index contributed by atoms with van der Waals surface area (Å²) in [7, 11) is 0. The SMILES string of the molecule is CCCCCCCCCCCCCCCCCCN(CC)C(=O)c1ccccc1C(F)(F)F. The van der Waals surface area contributed by atoms with Gasteiger partial charge in [0.1, 0.15) is 0 Å². The molecule has 0 atom stereocenters. The highest BCUT2D eigenvalue weighted by atomic mass is 19.4. The average Bonchev–Trinajstić information content (AvgIpc) is 2.80. The van der Waals surface area contributed by atoms with Crippen molar-refractivity contribution in [3.05, 3.63) is 35.4 Å². The zero-order chi connectivity index (χ0) is 24.4. The third-order valence-electron chi connectivity index (χ3n) is 6.41. The summed E-state index contributed by atoms with van der Waals surface area (Å²) in [5, 5.41) is 0. The predicted octanol–water partition coefficient (Wildman–Crippen LogP) is 9.43. The monoisotopic (exact) mass is 469 g/mol. The van der Waals surface area contributed by atoms with E-state index in [0.717, 1.165) is 25.3 Å². The molecule has 0 aromatic heterocycles. The van der Waals surface area contributed by atoms with Crippen molar-refractivity contribution < 1.29 is 18.0 Å². The molecule has 0 spiro atoms. The number of carbonyl (C=O) groups excluding carboxylic acids is 1. The van der Waals surface area contributed by atoms with E-state index in [1.807, 2.05) is 6.92 Å². The molecular formula is C28H46F3NO. The normalized spacial score (nSPS) is 11.7. The van der Waals surface area contributed by atoms with Crippen molar-refractivity contribution in [2.75, 3.05) is 13.1 Å². The number of amides is 1. The number of hydrogen-bond donors (Lipinski definition) is 0. The Balaban J connectivity index is 2.09. The second kappa shape index (κ2) is 17.9. The number of alkyl halides is 3. The van der Waals surface area contributed by atoms with Gasteiger partial charge < -0.3 is 4.90 Å². The predicted molar refractivity (Wildman–Crippen MR) is 133 cm³/mol. The number of carbonyl (C=O) groups is 1. The zero-order valence-electron chi connectivity index (χ0n) is 21.0. The summed E-state index contributed by atoms with van der Waals surface area (Å²) in [4.78, 5) is 14.2. The molecule has 0 fully saturated rings. The molecule has 33 heavy (non-hydrogen) atoms. The number of unbranched alkanes of at least 4 members (excludes halogenated alkanes) is 15. The van der Waals surface area contributed by atoms with Crippen LogP contribution in [-0.4, -0.2) is 23.9 Å². The van der Waals surface area contributed by atoms with Crippen LogP contribution in [0.1, 0.15) is 133 Å². The maximum atomic E-state index is 13.2. The summed E-state index contributed by atoms with van der Waals surface area (Å²) in [6.45, 7) is 5.01. The molecule has 0 unspecified atom stereocenters. The molecule has 1 rings (SSSR count). The molecule has 1 amide bonds. The molecule has 190 valence electrons. The fraction of sp³-hybridized carbons (Fsp3) is 0.750. The maximum absolute atomic E-state index is 13.2. The summed E-state index contributed by atoms with van der Waals surface area (Å²) in [6, 6.07) is 5.08. The van der Waals surface area contributed by atoms with Crippen molar-refractivity contribution in [1.29, 1.82) is 0 Å². The Morgan fingerprint density at radius 2 is 1.12 bits per heavy atom. The van der Waals surface area contributed by atoms with E-state index in [2.05, 4.69) is 6.92 Å². The van der Waals surface area contributed by atoms with Gasteiger partial charge in [-0.3, -0.25) is 4.79 Å². The first-order valence-electron chi connectivity index (χ1n) is 13.4. The number of benzene rings is 1. The Bertz CT molecular complexity index is 630. The van der Waals surface area contributed by atoms with Crippen molar-refractivity contribution in [3.63, 3.8) is 0 Å². The summed E-state index contributed by atoms with van der Waals surface area (Å²) in [6.07, 6.45) is 15.9. The Morgan fingerprint density at radius 1 is 0.697 bits per heavy atom. The van der Waals surface area contributed by atoms with Crippen LogP contribution in [-0.2, 0) is 6.18 Å². The first-order chi connectivity index (χ1) is 15.9. The van der Waals surface area contributed by atoms with Crippen LogP contribution < -0.4 is 0 Å². The molecule has 0 saturated heterocycles. The first-order valence-corrected chi connectivity index (χ1v) is 13.4. The lowest BCUT2D eigenvalue weighted by Crippen LogP contribution is -2.33. The minimum absolute atomic E-state index is 0.247. The van der Waals surface area contributed by atoms with E-state index in [1.165, 1.54) is 107 Å². The fourth-order valence-corrected chi connectivity index (χ4v) is 4.34. The molecule has 0 aliphatic heterocycles. The second-order valence-electron chi connectivity index (χ2n) is 9.23. The third-order valence-corrected chi connectivity index (χ3v) is 6.41. The molecule has 0 saturated carbocycles. The van der Waals surface area contributed by atoms with Gasteiger partial charge in [0.2, 0.25) is 0 Å². The Labute approximate surface area is 200 Å². The molecule has 1 aromatic rings. The van der Waals surface area contributed by atoms with E-state index in [9.17, 15) is 18.0 Å². The largest absolute Gasteiger partial charge is 0.417 e. The fourth-order valence-electron chi connectivity index (χ4n) is 4.34. The summed E-state index contributed by atoms with van der Waals surface area (Å²) in [5.41, 5.74) is -1.09. The molecule has 0 bridgehead atoms. The van der Waals surface area contributed by atoms with E-state index in [1.54, 1.807) is 0 Å². The molecule has 0 heterocycles. The van der Waals surface area contributed by atoms with E-state index in [0.29, 0.717) is 13.1 Å². The van der Waals surface area contributed by atoms with E-state index < -0.39 is 17.6 Å². The van der Waals surface area contributed by atoms with Crippen LogP contribution in [0.15, 0.2) is 24.3 Å². The molecule has 0 N–H and O–H groups in total. The average molecular weight is 470 g/mol. The van der Waals surface area contributed by atoms with Crippen LogP contribution in [0.25, 0.3) is 0 Å². The van der Waals surface area contributed by atoms with Gasteiger partial charge in [0, 0.05) is 13.1 Å². The topological polar surface area (TPSA) is 20.3 Å². The van der Waals surface area contributed by atoms with Gasteiger partial charge in [0.25, 0.3) is 5.91 Å². The molecule has 2 nitrogen and oxygen atoms in total. The number of halogens is 3. The zero-order valence-corrected chi connectivity index (χ0v) is 21.0. The van der Waals surface area contributed by atoms with Crippen molar-refractivity contribution in [1.82, 2.24) is 4.90 Å².